The average Bonchev–Trinajstić information content (AvgIpc) is 2.95. The number of hydrogen-bond acceptors (Lipinski definition) is 4. The third-order valence-corrected chi connectivity index (χ3v) is 3.68. The van der Waals surface area contributed by atoms with Crippen molar-refractivity contribution in [2.75, 3.05) is 0 Å². The number of ether oxygens (including phenoxy) is 1. The van der Waals surface area contributed by atoms with Crippen LogP contribution in [0.4, 0.5) is 0 Å². The van der Waals surface area contributed by atoms with Crippen LogP contribution in [0.25, 0.3) is 5.69 Å². The van der Waals surface area contributed by atoms with Crippen molar-refractivity contribution in [2.45, 2.75) is 52.7 Å². The lowest BCUT2D eigenvalue weighted by molar-refractivity contribution is -0.157. The summed E-state index contributed by atoms with van der Waals surface area (Å²) in [4.78, 5) is 37.2. The summed E-state index contributed by atoms with van der Waals surface area (Å²) in [7, 11) is 0. The summed E-state index contributed by atoms with van der Waals surface area (Å²) in [5.41, 5.74) is -0.306. The Bertz CT molecular complexity index is 844. The van der Waals surface area contributed by atoms with E-state index in [0.29, 0.717) is 12.1 Å². The van der Waals surface area contributed by atoms with Crippen molar-refractivity contribution in [3.8, 4) is 5.69 Å². The number of nitrogens with one attached hydrogen (secondary N) is 2. The van der Waals surface area contributed by atoms with Gasteiger partial charge in [0, 0.05) is 6.07 Å². The van der Waals surface area contributed by atoms with E-state index in [1.165, 1.54) is 10.7 Å². The summed E-state index contributed by atoms with van der Waals surface area (Å²) in [6.07, 6.45) is 0.435. The number of H-pyrrole nitrogens is 1. The van der Waals surface area contributed by atoms with E-state index in [-0.39, 0.29) is 17.2 Å². The second-order valence-corrected chi connectivity index (χ2v) is 7.87. The second-order valence-electron chi connectivity index (χ2n) is 7.87. The van der Waals surface area contributed by atoms with E-state index < -0.39 is 23.5 Å². The molecule has 1 heterocycles. The Morgan fingerprint density at radius 1 is 1.19 bits per heavy atom. The van der Waals surface area contributed by atoms with Crippen LogP contribution in [0, 0.1) is 5.92 Å². The highest BCUT2D eigenvalue weighted by atomic mass is 16.6. The SMILES string of the molecule is CC(C)CC(NC(=O)c1cc(=O)n(-c2ccccc2)[nH]1)C(=O)OC(C)(C)C. The fraction of sp³-hybridized carbons (Fsp3) is 0.450. The Kier molecular flexibility index (Phi) is 6.25. The summed E-state index contributed by atoms with van der Waals surface area (Å²) in [5.74, 6) is -0.844. The molecule has 0 fully saturated rings. The Balaban J connectivity index is 2.20. The number of esters is 1. The highest BCUT2D eigenvalue weighted by Gasteiger charge is 2.28. The molecule has 0 saturated carbocycles. The van der Waals surface area contributed by atoms with Gasteiger partial charge in [-0.05, 0) is 45.2 Å². The number of aromatic nitrogens is 2. The predicted molar refractivity (Wildman–Crippen MR) is 103 cm³/mol. The molecule has 0 saturated heterocycles. The molecule has 2 rings (SSSR count). The molecule has 1 atom stereocenters. The van der Waals surface area contributed by atoms with Gasteiger partial charge in [-0.2, -0.15) is 0 Å². The number of carbonyl (C=O) groups excluding carboxylic acids is 2. The fourth-order valence-corrected chi connectivity index (χ4v) is 2.58. The average molecular weight is 373 g/mol. The molecule has 1 amide bonds. The Morgan fingerprint density at radius 3 is 2.37 bits per heavy atom. The monoisotopic (exact) mass is 373 g/mol. The van der Waals surface area contributed by atoms with E-state index in [4.69, 9.17) is 4.74 Å². The zero-order chi connectivity index (χ0) is 20.2. The summed E-state index contributed by atoms with van der Waals surface area (Å²) in [6, 6.07) is 9.35. The number of hydrogen-bond donors (Lipinski definition) is 2. The molecule has 0 spiro atoms. The predicted octanol–water partition coefficient (Wildman–Crippen LogP) is 2.65. The number of carbonyl (C=O) groups is 2. The topological polar surface area (TPSA) is 93.2 Å². The molecule has 0 bridgehead atoms. The number of nitrogens with zero attached hydrogens (tertiary/aromatic N) is 1. The number of aromatic amines is 1. The van der Waals surface area contributed by atoms with Crippen LogP contribution in [0.15, 0.2) is 41.2 Å². The first-order chi connectivity index (χ1) is 12.6. The second kappa shape index (κ2) is 8.24. The van der Waals surface area contributed by atoms with E-state index in [1.807, 2.05) is 19.9 Å². The van der Waals surface area contributed by atoms with Gasteiger partial charge in [-0.1, -0.05) is 32.0 Å². The molecule has 1 aromatic heterocycles. The van der Waals surface area contributed by atoms with Crippen molar-refractivity contribution >= 4 is 11.9 Å². The molecule has 0 aliphatic rings. The van der Waals surface area contributed by atoms with Crippen LogP contribution in [0.2, 0.25) is 0 Å². The Labute approximate surface area is 158 Å². The zero-order valence-electron chi connectivity index (χ0n) is 16.4. The molecular formula is C20H27N3O4. The molecule has 2 aromatic rings. The maximum atomic E-state index is 12.6. The van der Waals surface area contributed by atoms with E-state index in [1.54, 1.807) is 45.0 Å². The van der Waals surface area contributed by atoms with E-state index >= 15 is 0 Å². The van der Waals surface area contributed by atoms with Crippen LogP contribution in [0.3, 0.4) is 0 Å². The zero-order valence-corrected chi connectivity index (χ0v) is 16.4. The molecule has 7 heteroatoms. The van der Waals surface area contributed by atoms with Crippen LogP contribution in [0.5, 0.6) is 0 Å². The molecule has 27 heavy (non-hydrogen) atoms. The Hall–Kier alpha value is -2.83. The normalized spacial score (nSPS) is 12.7. The molecule has 1 aromatic carbocycles. The molecule has 0 radical (unpaired) electrons. The molecule has 1 unspecified atom stereocenters. The van der Waals surface area contributed by atoms with Gasteiger partial charge in [0.2, 0.25) is 0 Å². The van der Waals surface area contributed by atoms with Crippen LogP contribution in [0.1, 0.15) is 51.5 Å². The quantitative estimate of drug-likeness (QED) is 0.761. The minimum Gasteiger partial charge on any atom is -0.458 e. The van der Waals surface area contributed by atoms with Crippen molar-refractivity contribution in [2.24, 2.45) is 5.92 Å². The first-order valence-corrected chi connectivity index (χ1v) is 8.98. The molecule has 146 valence electrons. The van der Waals surface area contributed by atoms with Crippen molar-refractivity contribution in [1.29, 1.82) is 0 Å². The smallest absolute Gasteiger partial charge is 0.329 e. The first-order valence-electron chi connectivity index (χ1n) is 8.98. The largest absolute Gasteiger partial charge is 0.458 e. The van der Waals surface area contributed by atoms with Crippen molar-refractivity contribution in [3.05, 3.63) is 52.4 Å². The van der Waals surface area contributed by atoms with Gasteiger partial charge < -0.3 is 10.1 Å². The van der Waals surface area contributed by atoms with Gasteiger partial charge in [0.15, 0.2) is 0 Å². The van der Waals surface area contributed by atoms with Gasteiger partial charge in [-0.15, -0.1) is 0 Å². The highest BCUT2D eigenvalue weighted by Crippen LogP contribution is 2.13. The fourth-order valence-electron chi connectivity index (χ4n) is 2.58. The van der Waals surface area contributed by atoms with Gasteiger partial charge in [-0.25, -0.2) is 9.48 Å². The summed E-state index contributed by atoms with van der Waals surface area (Å²) in [5, 5.41) is 5.47. The van der Waals surface area contributed by atoms with Gasteiger partial charge in [0.1, 0.15) is 17.3 Å². The van der Waals surface area contributed by atoms with Crippen molar-refractivity contribution < 1.29 is 14.3 Å². The number of para-hydroxylation sites is 1. The lowest BCUT2D eigenvalue weighted by atomic mass is 10.0. The lowest BCUT2D eigenvalue weighted by Gasteiger charge is -2.25. The molecular weight excluding hydrogens is 346 g/mol. The van der Waals surface area contributed by atoms with Crippen LogP contribution in [-0.2, 0) is 9.53 Å². The minimum absolute atomic E-state index is 0.0844. The third-order valence-electron chi connectivity index (χ3n) is 3.68. The van der Waals surface area contributed by atoms with Crippen LogP contribution >= 0.6 is 0 Å². The lowest BCUT2D eigenvalue weighted by Crippen LogP contribution is -2.45. The van der Waals surface area contributed by atoms with Crippen LogP contribution < -0.4 is 10.9 Å². The van der Waals surface area contributed by atoms with Crippen molar-refractivity contribution in [1.82, 2.24) is 15.1 Å². The van der Waals surface area contributed by atoms with Crippen molar-refractivity contribution in [3.63, 3.8) is 0 Å². The highest BCUT2D eigenvalue weighted by molar-refractivity contribution is 5.95. The van der Waals surface area contributed by atoms with Crippen LogP contribution in [-0.4, -0.2) is 33.3 Å². The molecule has 0 aliphatic carbocycles. The maximum Gasteiger partial charge on any atom is 0.329 e. The van der Waals surface area contributed by atoms with Gasteiger partial charge >= 0.3 is 5.97 Å². The van der Waals surface area contributed by atoms with Gasteiger partial charge in [-0.3, -0.25) is 14.7 Å². The number of amides is 1. The standard InChI is InChI=1S/C20H27N3O4/c1-13(2)11-16(19(26)27-20(3,4)5)21-18(25)15-12-17(24)23(22-15)14-9-7-6-8-10-14/h6-10,12-13,16,22H,11H2,1-5H3,(H,21,25). The third kappa shape index (κ3) is 5.84. The molecule has 0 aliphatic heterocycles. The summed E-state index contributed by atoms with van der Waals surface area (Å²) in [6.45, 7) is 9.23. The first kappa shape index (κ1) is 20.5. The Morgan fingerprint density at radius 2 is 1.81 bits per heavy atom. The van der Waals surface area contributed by atoms with Gasteiger partial charge in [0.25, 0.3) is 11.5 Å². The van der Waals surface area contributed by atoms with E-state index in [9.17, 15) is 14.4 Å². The van der Waals surface area contributed by atoms with E-state index in [2.05, 4.69) is 10.4 Å². The summed E-state index contributed by atoms with van der Waals surface area (Å²) >= 11 is 0. The van der Waals surface area contributed by atoms with E-state index in [0.717, 1.165) is 0 Å². The summed E-state index contributed by atoms with van der Waals surface area (Å²) < 4.78 is 6.68. The molecule has 2 N–H and O–H groups in total. The number of rotatable bonds is 6. The van der Waals surface area contributed by atoms with Gasteiger partial charge in [0.05, 0.1) is 5.69 Å². The maximum absolute atomic E-state index is 12.6. The minimum atomic E-state index is -0.791. The number of benzene rings is 1. The molecule has 7 nitrogen and oxygen atoms in total.